The van der Waals surface area contributed by atoms with Gasteiger partial charge in [-0.25, -0.2) is 8.78 Å². The second-order valence-corrected chi connectivity index (χ2v) is 6.38. The molecule has 0 spiro atoms. The SMILES string of the molecule is O=C1CC(c2noc(-c3ccccc3F)n2)CN1c1cc(Cl)ccc1F. The summed E-state index contributed by atoms with van der Waals surface area (Å²) in [5.74, 6) is -1.35. The summed E-state index contributed by atoms with van der Waals surface area (Å²) in [5.41, 5.74) is 0.302. The molecule has 1 fully saturated rings. The lowest BCUT2D eigenvalue weighted by atomic mass is 10.1. The number of carbonyl (C=O) groups excluding carboxylic acids is 1. The summed E-state index contributed by atoms with van der Waals surface area (Å²) >= 11 is 5.90. The van der Waals surface area contributed by atoms with Gasteiger partial charge in [-0.05, 0) is 30.3 Å². The van der Waals surface area contributed by atoms with Gasteiger partial charge in [0.25, 0.3) is 5.89 Å². The predicted octanol–water partition coefficient (Wildman–Crippen LogP) is 4.19. The van der Waals surface area contributed by atoms with E-state index in [0.717, 1.165) is 0 Å². The third kappa shape index (κ3) is 2.94. The average molecular weight is 376 g/mol. The molecule has 0 N–H and O–H groups in total. The van der Waals surface area contributed by atoms with Crippen molar-refractivity contribution in [1.82, 2.24) is 10.1 Å². The lowest BCUT2D eigenvalue weighted by Gasteiger charge is -2.17. The van der Waals surface area contributed by atoms with E-state index in [0.29, 0.717) is 5.02 Å². The van der Waals surface area contributed by atoms with Gasteiger partial charge in [0.2, 0.25) is 5.91 Å². The van der Waals surface area contributed by atoms with Crippen LogP contribution < -0.4 is 4.90 Å². The molecule has 4 rings (SSSR count). The fraction of sp³-hybridized carbons (Fsp3) is 0.167. The van der Waals surface area contributed by atoms with Crippen LogP contribution in [0.5, 0.6) is 0 Å². The zero-order valence-corrected chi connectivity index (χ0v) is 14.1. The molecule has 0 bridgehead atoms. The molecule has 1 saturated heterocycles. The molecule has 1 atom stereocenters. The van der Waals surface area contributed by atoms with Gasteiger partial charge < -0.3 is 9.42 Å². The largest absolute Gasteiger partial charge is 0.334 e. The molecule has 1 unspecified atom stereocenters. The van der Waals surface area contributed by atoms with Crippen molar-refractivity contribution in [3.63, 3.8) is 0 Å². The number of benzene rings is 2. The summed E-state index contributed by atoms with van der Waals surface area (Å²) in [7, 11) is 0. The van der Waals surface area contributed by atoms with Crippen molar-refractivity contribution < 1.29 is 18.1 Å². The third-order valence-corrected chi connectivity index (χ3v) is 4.47. The minimum atomic E-state index is -0.538. The molecular formula is C18H12ClF2N3O2. The Kier molecular flexibility index (Phi) is 4.16. The minimum absolute atomic E-state index is 0.0398. The Morgan fingerprint density at radius 1 is 1.15 bits per heavy atom. The van der Waals surface area contributed by atoms with Crippen molar-refractivity contribution in [1.29, 1.82) is 0 Å². The van der Waals surface area contributed by atoms with E-state index in [4.69, 9.17) is 16.1 Å². The number of anilines is 1. The van der Waals surface area contributed by atoms with Gasteiger partial charge in [0, 0.05) is 23.9 Å². The summed E-state index contributed by atoms with van der Waals surface area (Å²) in [6.07, 6.45) is 0.0994. The quantitative estimate of drug-likeness (QED) is 0.688. The number of halogens is 3. The first-order chi connectivity index (χ1) is 12.5. The van der Waals surface area contributed by atoms with E-state index in [1.165, 1.54) is 35.2 Å². The van der Waals surface area contributed by atoms with E-state index in [1.807, 2.05) is 0 Å². The maximum Gasteiger partial charge on any atom is 0.260 e. The Labute approximate surface area is 152 Å². The molecule has 8 heteroatoms. The van der Waals surface area contributed by atoms with Crippen LogP contribution in [0.2, 0.25) is 5.02 Å². The smallest absolute Gasteiger partial charge is 0.260 e. The summed E-state index contributed by atoms with van der Waals surface area (Å²) in [5, 5.41) is 4.20. The first kappa shape index (κ1) is 16.7. The van der Waals surface area contributed by atoms with E-state index >= 15 is 0 Å². The van der Waals surface area contributed by atoms with Crippen molar-refractivity contribution in [2.75, 3.05) is 11.4 Å². The summed E-state index contributed by atoms with van der Waals surface area (Å²) < 4.78 is 33.0. The van der Waals surface area contributed by atoms with Gasteiger partial charge in [-0.2, -0.15) is 4.98 Å². The van der Waals surface area contributed by atoms with E-state index in [1.54, 1.807) is 12.1 Å². The van der Waals surface area contributed by atoms with Gasteiger partial charge in [0.1, 0.15) is 11.6 Å². The highest BCUT2D eigenvalue weighted by atomic mass is 35.5. The predicted molar refractivity (Wildman–Crippen MR) is 90.8 cm³/mol. The number of amides is 1. The van der Waals surface area contributed by atoms with Crippen LogP contribution in [0.25, 0.3) is 11.5 Å². The highest BCUT2D eigenvalue weighted by Crippen LogP contribution is 2.34. The van der Waals surface area contributed by atoms with Gasteiger partial charge in [-0.15, -0.1) is 0 Å². The molecule has 3 aromatic rings. The Hall–Kier alpha value is -2.80. The summed E-state index contributed by atoms with van der Waals surface area (Å²) in [4.78, 5) is 17.8. The number of aromatic nitrogens is 2. The highest BCUT2D eigenvalue weighted by Gasteiger charge is 2.36. The Morgan fingerprint density at radius 2 is 1.96 bits per heavy atom. The highest BCUT2D eigenvalue weighted by molar-refractivity contribution is 6.31. The van der Waals surface area contributed by atoms with Crippen LogP contribution >= 0.6 is 11.6 Å². The zero-order valence-electron chi connectivity index (χ0n) is 13.3. The van der Waals surface area contributed by atoms with Crippen molar-refractivity contribution in [3.8, 4) is 11.5 Å². The van der Waals surface area contributed by atoms with Gasteiger partial charge in [-0.1, -0.05) is 28.9 Å². The minimum Gasteiger partial charge on any atom is -0.334 e. The zero-order chi connectivity index (χ0) is 18.3. The third-order valence-electron chi connectivity index (χ3n) is 4.24. The molecule has 1 amide bonds. The van der Waals surface area contributed by atoms with Crippen LogP contribution in [0.4, 0.5) is 14.5 Å². The van der Waals surface area contributed by atoms with Crippen LogP contribution in [-0.4, -0.2) is 22.6 Å². The molecule has 5 nitrogen and oxygen atoms in total. The van der Waals surface area contributed by atoms with Gasteiger partial charge in [0.15, 0.2) is 5.82 Å². The molecule has 26 heavy (non-hydrogen) atoms. The van der Waals surface area contributed by atoms with Crippen molar-refractivity contribution in [2.45, 2.75) is 12.3 Å². The molecule has 1 aromatic heterocycles. The van der Waals surface area contributed by atoms with E-state index in [-0.39, 0.29) is 47.8 Å². The molecule has 2 heterocycles. The topological polar surface area (TPSA) is 59.2 Å². The molecular weight excluding hydrogens is 364 g/mol. The van der Waals surface area contributed by atoms with Crippen LogP contribution in [0.15, 0.2) is 47.0 Å². The molecule has 0 saturated carbocycles. The average Bonchev–Trinajstić information content (AvgIpc) is 3.24. The maximum atomic E-state index is 14.1. The fourth-order valence-electron chi connectivity index (χ4n) is 2.95. The van der Waals surface area contributed by atoms with Crippen molar-refractivity contribution >= 4 is 23.2 Å². The normalized spacial score (nSPS) is 17.1. The molecule has 0 aliphatic carbocycles. The van der Waals surface area contributed by atoms with Crippen LogP contribution in [0, 0.1) is 11.6 Å². The van der Waals surface area contributed by atoms with E-state index in [9.17, 15) is 13.6 Å². The van der Waals surface area contributed by atoms with Gasteiger partial charge in [-0.3, -0.25) is 4.79 Å². The standard InChI is InChI=1S/C18H12ClF2N3O2/c19-11-5-6-14(21)15(8-11)24-9-10(7-16(24)25)17-22-18(26-23-17)12-3-1-2-4-13(12)20/h1-6,8,10H,7,9H2. The molecule has 1 aliphatic rings. The number of hydrogen-bond donors (Lipinski definition) is 0. The molecule has 0 radical (unpaired) electrons. The summed E-state index contributed by atoms with van der Waals surface area (Å²) in [6, 6.07) is 10.1. The van der Waals surface area contributed by atoms with Crippen molar-refractivity contribution in [3.05, 3.63) is 64.9 Å². The number of hydrogen-bond acceptors (Lipinski definition) is 4. The van der Waals surface area contributed by atoms with Crippen molar-refractivity contribution in [2.24, 2.45) is 0 Å². The lowest BCUT2D eigenvalue weighted by Crippen LogP contribution is -2.25. The van der Waals surface area contributed by atoms with E-state index in [2.05, 4.69) is 10.1 Å². The van der Waals surface area contributed by atoms with Gasteiger partial charge >= 0.3 is 0 Å². The number of rotatable bonds is 3. The monoisotopic (exact) mass is 375 g/mol. The number of nitrogens with zero attached hydrogens (tertiary/aromatic N) is 3. The second-order valence-electron chi connectivity index (χ2n) is 5.94. The Morgan fingerprint density at radius 3 is 2.77 bits per heavy atom. The first-order valence-corrected chi connectivity index (χ1v) is 8.24. The van der Waals surface area contributed by atoms with Gasteiger partial charge in [0.05, 0.1) is 11.3 Å². The maximum absolute atomic E-state index is 14.1. The van der Waals surface area contributed by atoms with Crippen LogP contribution in [0.1, 0.15) is 18.2 Å². The van der Waals surface area contributed by atoms with Crippen LogP contribution in [0.3, 0.4) is 0 Å². The number of carbonyl (C=O) groups is 1. The Bertz CT molecular complexity index is 992. The molecule has 132 valence electrons. The molecule has 2 aromatic carbocycles. The van der Waals surface area contributed by atoms with Crippen LogP contribution in [-0.2, 0) is 4.79 Å². The Balaban J connectivity index is 1.60. The first-order valence-electron chi connectivity index (χ1n) is 7.87. The fourth-order valence-corrected chi connectivity index (χ4v) is 3.12. The lowest BCUT2D eigenvalue weighted by molar-refractivity contribution is -0.117. The van der Waals surface area contributed by atoms with E-state index < -0.39 is 11.6 Å². The molecule has 1 aliphatic heterocycles. The summed E-state index contributed by atoms with van der Waals surface area (Å²) in [6.45, 7) is 0.187. The second kappa shape index (κ2) is 6.49.